The van der Waals surface area contributed by atoms with E-state index in [1.54, 1.807) is 13.1 Å². The van der Waals surface area contributed by atoms with Crippen LogP contribution in [-0.4, -0.2) is 30.3 Å². The second-order valence-corrected chi connectivity index (χ2v) is 9.70. The molecule has 0 amide bonds. The van der Waals surface area contributed by atoms with E-state index in [0.717, 1.165) is 62.3 Å². The number of nitrogens with zero attached hydrogens (tertiary/aromatic N) is 6. The van der Waals surface area contributed by atoms with E-state index in [-0.39, 0.29) is 27.5 Å². The fraction of sp³-hybridized carbons (Fsp3) is 0.135. The van der Waals surface area contributed by atoms with Gasteiger partial charge in [-0.15, -0.1) is 59.7 Å². The largest absolute Gasteiger partial charge is 3.00 e. The summed E-state index contributed by atoms with van der Waals surface area (Å²) in [5, 5.41) is 7.44. The molecular formula is C37H35IrN6. The molecule has 44 heavy (non-hydrogen) atoms. The molecule has 0 aliphatic carbocycles. The number of fused-ring (bicyclic) bond motifs is 2. The summed E-state index contributed by atoms with van der Waals surface area (Å²) in [5.41, 5.74) is 9.39. The van der Waals surface area contributed by atoms with Crippen molar-refractivity contribution < 1.29 is 20.1 Å². The molecule has 6 nitrogen and oxygen atoms in total. The van der Waals surface area contributed by atoms with E-state index in [2.05, 4.69) is 51.4 Å². The van der Waals surface area contributed by atoms with Crippen LogP contribution in [0.25, 0.3) is 61.5 Å². The molecular weight excluding hydrogens is 721 g/mol. The molecule has 7 rings (SSSR count). The van der Waals surface area contributed by atoms with Crippen molar-refractivity contribution in [1.29, 1.82) is 0 Å². The Bertz CT molecular complexity index is 1840. The first-order chi connectivity index (χ1) is 20.5. The van der Waals surface area contributed by atoms with Gasteiger partial charge in [0.05, 0.1) is 33.7 Å². The van der Waals surface area contributed by atoms with Gasteiger partial charge in [0.2, 0.25) is 0 Å². The van der Waals surface area contributed by atoms with Gasteiger partial charge in [0, 0.05) is 20.3 Å². The van der Waals surface area contributed by atoms with Crippen LogP contribution >= 0.6 is 0 Å². The summed E-state index contributed by atoms with van der Waals surface area (Å²) in [7, 11) is 4.08. The molecule has 0 saturated heterocycles. The average molecular weight is 756 g/mol. The Kier molecular flexibility index (Phi) is 12.0. The summed E-state index contributed by atoms with van der Waals surface area (Å²) < 4.78 is 4.22. The molecule has 4 aromatic carbocycles. The molecule has 0 saturated carbocycles. The number of benzene rings is 4. The molecule has 0 aliphatic rings. The predicted molar refractivity (Wildman–Crippen MR) is 180 cm³/mol. The smallest absolute Gasteiger partial charge is 0.814 e. The quantitative estimate of drug-likeness (QED) is 0.134. The fourth-order valence-electron chi connectivity index (χ4n) is 4.69. The third-order valence-corrected chi connectivity index (χ3v) is 6.76. The van der Waals surface area contributed by atoms with Crippen molar-refractivity contribution in [3.63, 3.8) is 0 Å². The van der Waals surface area contributed by atoms with Crippen LogP contribution in [0.2, 0.25) is 0 Å². The van der Waals surface area contributed by atoms with Crippen LogP contribution in [-0.2, 0) is 34.2 Å². The fourth-order valence-corrected chi connectivity index (χ4v) is 4.69. The van der Waals surface area contributed by atoms with E-state index < -0.39 is 0 Å². The second kappa shape index (κ2) is 15.7. The summed E-state index contributed by atoms with van der Waals surface area (Å²) in [6.07, 6.45) is 2.79. The standard InChI is InChI=1S/C22H17N4.C12H10N.C2H4N.CH4.Ir/c1-25-19-12-5-3-10-17(19)23-21(25)15-8-7-9-16(14-15)22-24-18-11-4-6-13-20(18)26(22)2;1-10-5-7-11(8-6-10)12-4-2-3-9-13-12;1-2-3;;/h3-13H,1-2H3;2-7,9H,1H3;2H,1H3;1H4;/q3*-1;;+3. The predicted octanol–water partition coefficient (Wildman–Crippen LogP) is 8.73. The van der Waals surface area contributed by atoms with Crippen molar-refractivity contribution in [3.8, 4) is 34.0 Å². The normalized spacial score (nSPS) is 10.0. The van der Waals surface area contributed by atoms with Gasteiger partial charge in [-0.2, -0.15) is 0 Å². The maximum atomic E-state index is 7.44. The Hall–Kier alpha value is -4.71. The minimum absolute atomic E-state index is 0. The summed E-state index contributed by atoms with van der Waals surface area (Å²) >= 11 is 0. The number of hydrogen-bond acceptors (Lipinski definition) is 3. The van der Waals surface area contributed by atoms with Crippen LogP contribution in [0.3, 0.4) is 0 Å². The maximum Gasteiger partial charge on any atom is 3.00 e. The third kappa shape index (κ3) is 7.43. The summed E-state index contributed by atoms with van der Waals surface area (Å²) in [4.78, 5) is 13.8. The maximum absolute atomic E-state index is 7.44. The van der Waals surface area contributed by atoms with Crippen molar-refractivity contribution in [2.45, 2.75) is 21.3 Å². The second-order valence-electron chi connectivity index (χ2n) is 9.70. The first-order valence-electron chi connectivity index (χ1n) is 13.7. The van der Waals surface area contributed by atoms with Crippen LogP contribution in [0.4, 0.5) is 0 Å². The first kappa shape index (κ1) is 33.8. The molecule has 0 unspecified atom stereocenters. The summed E-state index contributed by atoms with van der Waals surface area (Å²) in [5.74, 6) is 1.82. The third-order valence-electron chi connectivity index (χ3n) is 6.76. The molecule has 7 heteroatoms. The number of aryl methyl sites for hydroxylation is 3. The zero-order chi connectivity index (χ0) is 29.5. The summed E-state index contributed by atoms with van der Waals surface area (Å²) in [6.45, 7) is 3.61. The Morgan fingerprint density at radius 2 is 1.20 bits per heavy atom. The van der Waals surface area contributed by atoms with Gasteiger partial charge in [0.25, 0.3) is 0 Å². The zero-order valence-electron chi connectivity index (χ0n) is 24.5. The zero-order valence-corrected chi connectivity index (χ0v) is 26.9. The number of imidazole rings is 2. The Labute approximate surface area is 273 Å². The van der Waals surface area contributed by atoms with E-state index in [9.17, 15) is 0 Å². The average Bonchev–Trinajstić information content (AvgIpc) is 3.55. The van der Waals surface area contributed by atoms with E-state index in [1.165, 1.54) is 5.56 Å². The minimum Gasteiger partial charge on any atom is -0.814 e. The van der Waals surface area contributed by atoms with E-state index in [0.29, 0.717) is 0 Å². The molecule has 3 aromatic heterocycles. The van der Waals surface area contributed by atoms with Gasteiger partial charge in [-0.25, -0.2) is 6.21 Å². The van der Waals surface area contributed by atoms with Crippen LogP contribution < -0.4 is 0 Å². The van der Waals surface area contributed by atoms with Gasteiger partial charge in [0.1, 0.15) is 0 Å². The van der Waals surface area contributed by atoms with Crippen molar-refractivity contribution >= 4 is 28.3 Å². The van der Waals surface area contributed by atoms with Crippen molar-refractivity contribution in [2.24, 2.45) is 14.1 Å². The van der Waals surface area contributed by atoms with Gasteiger partial charge in [-0.05, 0) is 36.0 Å². The van der Waals surface area contributed by atoms with Crippen LogP contribution in [0.5, 0.6) is 0 Å². The molecule has 0 aliphatic heterocycles. The SMILES string of the molecule is C.CC=[N-].Cc1c[c-]c(-c2ccccn2)cc1.Cn1c(-c2[c-]c(-c3nc4ccccc4n3C)ccc2)nc2ccccc21.[Ir+3]. The number of para-hydroxylation sites is 4. The van der Waals surface area contributed by atoms with Gasteiger partial charge in [-0.1, -0.05) is 68.8 Å². The topological polar surface area (TPSA) is 70.8 Å². The summed E-state index contributed by atoms with van der Waals surface area (Å²) in [6, 6.07) is 41.1. The molecule has 222 valence electrons. The van der Waals surface area contributed by atoms with Crippen LogP contribution in [0, 0.1) is 19.1 Å². The Balaban J connectivity index is 0.000000249. The molecule has 7 aromatic rings. The van der Waals surface area contributed by atoms with Gasteiger partial charge in [-0.3, -0.25) is 9.97 Å². The van der Waals surface area contributed by atoms with Gasteiger partial charge < -0.3 is 19.5 Å². The van der Waals surface area contributed by atoms with Crippen LogP contribution in [0.15, 0.2) is 109 Å². The van der Waals surface area contributed by atoms with Crippen LogP contribution in [0.1, 0.15) is 19.9 Å². The molecule has 0 bridgehead atoms. The monoisotopic (exact) mass is 756 g/mol. The Morgan fingerprint density at radius 3 is 1.66 bits per heavy atom. The van der Waals surface area contributed by atoms with Gasteiger partial charge >= 0.3 is 20.1 Å². The molecule has 0 radical (unpaired) electrons. The van der Waals surface area contributed by atoms with E-state index in [1.807, 2.05) is 99.0 Å². The van der Waals surface area contributed by atoms with E-state index >= 15 is 0 Å². The number of pyridine rings is 1. The molecule has 0 N–H and O–H groups in total. The van der Waals surface area contributed by atoms with Crippen molar-refractivity contribution in [2.75, 3.05) is 0 Å². The van der Waals surface area contributed by atoms with Crippen molar-refractivity contribution in [1.82, 2.24) is 24.1 Å². The number of aromatic nitrogens is 5. The molecule has 0 spiro atoms. The van der Waals surface area contributed by atoms with Crippen molar-refractivity contribution in [3.05, 3.63) is 132 Å². The number of rotatable bonds is 3. The Morgan fingerprint density at radius 1 is 0.682 bits per heavy atom. The minimum atomic E-state index is 0. The molecule has 0 atom stereocenters. The van der Waals surface area contributed by atoms with E-state index in [4.69, 9.17) is 15.4 Å². The molecule has 3 heterocycles. The van der Waals surface area contributed by atoms with Gasteiger partial charge in [0.15, 0.2) is 0 Å². The number of hydrogen-bond donors (Lipinski definition) is 0. The first-order valence-corrected chi connectivity index (χ1v) is 13.7. The molecule has 0 fully saturated rings.